The Labute approximate surface area is 143 Å². The molecule has 5 N–H and O–H groups in total. The Bertz CT molecular complexity index is 649. The average Bonchev–Trinajstić information content (AvgIpc) is 2.71. The standard InChI is InChI=1S/C14H24N4O3S.ClH/c1-18-9-11(8-12(18)13(15)19)22(20,21)17-10-14(16)6-4-2-3-5-7-14;/h8-9,17H,2-7,10,16H2,1H3,(H2,15,19);1H. The van der Waals surface area contributed by atoms with Crippen LogP contribution in [0.5, 0.6) is 0 Å². The number of nitrogens with zero attached hydrogens (tertiary/aromatic N) is 1. The van der Waals surface area contributed by atoms with Crippen molar-refractivity contribution >= 4 is 28.3 Å². The molecule has 0 saturated heterocycles. The zero-order chi connectivity index (χ0) is 16.4. The largest absolute Gasteiger partial charge is 0.364 e. The van der Waals surface area contributed by atoms with Crippen LogP contribution in [-0.4, -0.2) is 31.0 Å². The third kappa shape index (κ3) is 4.94. The Hall–Kier alpha value is -1.09. The summed E-state index contributed by atoms with van der Waals surface area (Å²) >= 11 is 0. The highest BCUT2D eigenvalue weighted by molar-refractivity contribution is 7.89. The lowest BCUT2D eigenvalue weighted by Crippen LogP contribution is -2.49. The van der Waals surface area contributed by atoms with Crippen molar-refractivity contribution in [3.05, 3.63) is 18.0 Å². The minimum atomic E-state index is -3.70. The van der Waals surface area contributed by atoms with E-state index in [4.69, 9.17) is 11.5 Å². The maximum atomic E-state index is 12.4. The third-order valence-corrected chi connectivity index (χ3v) is 5.62. The molecule has 7 nitrogen and oxygen atoms in total. The Morgan fingerprint density at radius 1 is 1.30 bits per heavy atom. The molecule has 0 unspecified atom stereocenters. The van der Waals surface area contributed by atoms with E-state index >= 15 is 0 Å². The summed E-state index contributed by atoms with van der Waals surface area (Å²) in [4.78, 5) is 11.3. The van der Waals surface area contributed by atoms with Gasteiger partial charge in [-0.15, -0.1) is 12.4 Å². The first-order chi connectivity index (χ1) is 10.2. The molecule has 23 heavy (non-hydrogen) atoms. The molecule has 1 aromatic heterocycles. The van der Waals surface area contributed by atoms with Crippen molar-refractivity contribution in [3.8, 4) is 0 Å². The van der Waals surface area contributed by atoms with Gasteiger partial charge in [0.2, 0.25) is 10.0 Å². The number of halogens is 1. The smallest absolute Gasteiger partial charge is 0.265 e. The van der Waals surface area contributed by atoms with Gasteiger partial charge in [-0.05, 0) is 18.9 Å². The van der Waals surface area contributed by atoms with Crippen LogP contribution in [-0.2, 0) is 17.1 Å². The fraction of sp³-hybridized carbons (Fsp3) is 0.643. The first kappa shape index (κ1) is 20.0. The minimum absolute atomic E-state index is 0. The van der Waals surface area contributed by atoms with Gasteiger partial charge < -0.3 is 16.0 Å². The van der Waals surface area contributed by atoms with Gasteiger partial charge in [0.05, 0.1) is 0 Å². The first-order valence-electron chi connectivity index (χ1n) is 7.48. The van der Waals surface area contributed by atoms with Crippen molar-refractivity contribution in [2.45, 2.75) is 49.0 Å². The van der Waals surface area contributed by atoms with Crippen LogP contribution >= 0.6 is 12.4 Å². The summed E-state index contributed by atoms with van der Waals surface area (Å²) in [5.74, 6) is -0.664. The lowest BCUT2D eigenvalue weighted by molar-refractivity contribution is 0.0992. The summed E-state index contributed by atoms with van der Waals surface area (Å²) in [6, 6.07) is 1.28. The minimum Gasteiger partial charge on any atom is -0.364 e. The van der Waals surface area contributed by atoms with Crippen LogP contribution in [0.1, 0.15) is 49.0 Å². The molecular weight excluding hydrogens is 340 g/mol. The second-order valence-corrected chi connectivity index (χ2v) is 7.90. The van der Waals surface area contributed by atoms with E-state index < -0.39 is 21.5 Å². The summed E-state index contributed by atoms with van der Waals surface area (Å²) in [6.45, 7) is 0.204. The van der Waals surface area contributed by atoms with Crippen molar-refractivity contribution in [2.75, 3.05) is 6.54 Å². The normalized spacial score (nSPS) is 18.0. The van der Waals surface area contributed by atoms with Gasteiger partial charge in [-0.3, -0.25) is 4.79 Å². The number of hydrogen-bond donors (Lipinski definition) is 3. The average molecular weight is 365 g/mol. The molecule has 1 amide bonds. The van der Waals surface area contributed by atoms with E-state index in [1.807, 2.05) is 0 Å². The number of carbonyl (C=O) groups excluding carboxylic acids is 1. The number of nitrogens with one attached hydrogen (secondary N) is 1. The topological polar surface area (TPSA) is 120 Å². The molecule has 1 saturated carbocycles. The van der Waals surface area contributed by atoms with Crippen molar-refractivity contribution in [3.63, 3.8) is 0 Å². The fourth-order valence-electron chi connectivity index (χ4n) is 2.86. The molecule has 1 aliphatic rings. The van der Waals surface area contributed by atoms with Crippen molar-refractivity contribution in [1.82, 2.24) is 9.29 Å². The number of rotatable bonds is 5. The number of sulfonamides is 1. The summed E-state index contributed by atoms with van der Waals surface area (Å²) in [7, 11) is -2.13. The third-order valence-electron chi connectivity index (χ3n) is 4.26. The molecule has 0 aromatic carbocycles. The van der Waals surface area contributed by atoms with Gasteiger partial charge >= 0.3 is 0 Å². The van der Waals surface area contributed by atoms with Gasteiger partial charge in [0.15, 0.2) is 0 Å². The monoisotopic (exact) mass is 364 g/mol. The Balaban J connectivity index is 0.00000264. The number of amides is 1. The summed E-state index contributed by atoms with van der Waals surface area (Å²) in [5.41, 5.74) is 11.2. The molecule has 0 bridgehead atoms. The lowest BCUT2D eigenvalue weighted by Gasteiger charge is -2.28. The van der Waals surface area contributed by atoms with E-state index in [0.717, 1.165) is 38.5 Å². The quantitative estimate of drug-likeness (QED) is 0.671. The number of primary amides is 1. The Morgan fingerprint density at radius 2 is 1.87 bits per heavy atom. The molecule has 1 fully saturated rings. The van der Waals surface area contributed by atoms with E-state index in [1.54, 1.807) is 7.05 Å². The summed E-state index contributed by atoms with van der Waals surface area (Å²) in [5, 5.41) is 0. The van der Waals surface area contributed by atoms with Crippen LogP contribution in [0, 0.1) is 0 Å². The van der Waals surface area contributed by atoms with E-state index in [1.165, 1.54) is 16.8 Å². The summed E-state index contributed by atoms with van der Waals surface area (Å²) in [6.07, 6.45) is 7.34. The van der Waals surface area contributed by atoms with Crippen LogP contribution < -0.4 is 16.2 Å². The van der Waals surface area contributed by atoms with E-state index in [2.05, 4.69) is 4.72 Å². The van der Waals surface area contributed by atoms with Crippen LogP contribution in [0.3, 0.4) is 0 Å². The molecule has 0 aliphatic heterocycles. The maximum absolute atomic E-state index is 12.4. The van der Waals surface area contributed by atoms with Gasteiger partial charge in [0, 0.05) is 25.3 Å². The predicted octanol–water partition coefficient (Wildman–Crippen LogP) is 0.876. The zero-order valence-corrected chi connectivity index (χ0v) is 14.9. The zero-order valence-electron chi connectivity index (χ0n) is 13.2. The molecule has 2 rings (SSSR count). The van der Waals surface area contributed by atoms with Gasteiger partial charge in [0.1, 0.15) is 10.6 Å². The summed E-state index contributed by atoms with van der Waals surface area (Å²) < 4.78 is 28.7. The molecule has 1 aliphatic carbocycles. The number of hydrogen-bond acceptors (Lipinski definition) is 4. The highest BCUT2D eigenvalue weighted by atomic mass is 35.5. The molecule has 9 heteroatoms. The number of aryl methyl sites for hydroxylation is 1. The van der Waals surface area contributed by atoms with Crippen LogP contribution in [0.15, 0.2) is 17.2 Å². The molecule has 1 aromatic rings. The lowest BCUT2D eigenvalue weighted by atomic mass is 9.92. The van der Waals surface area contributed by atoms with Gasteiger partial charge in [-0.1, -0.05) is 25.7 Å². The van der Waals surface area contributed by atoms with Gasteiger partial charge in [-0.2, -0.15) is 0 Å². The molecule has 0 radical (unpaired) electrons. The van der Waals surface area contributed by atoms with Crippen LogP contribution in [0.4, 0.5) is 0 Å². The molecule has 0 atom stereocenters. The van der Waals surface area contributed by atoms with Gasteiger partial charge in [-0.25, -0.2) is 13.1 Å². The molecule has 1 heterocycles. The molecule has 0 spiro atoms. The second kappa shape index (κ2) is 7.65. The van der Waals surface area contributed by atoms with E-state index in [9.17, 15) is 13.2 Å². The van der Waals surface area contributed by atoms with Crippen molar-refractivity contribution in [2.24, 2.45) is 18.5 Å². The number of carbonyl (C=O) groups is 1. The van der Waals surface area contributed by atoms with Crippen LogP contribution in [0.2, 0.25) is 0 Å². The molecular formula is C14H25ClN4O3S. The predicted molar refractivity (Wildman–Crippen MR) is 91.0 cm³/mol. The molecule has 132 valence electrons. The second-order valence-electron chi connectivity index (χ2n) is 6.14. The number of aromatic nitrogens is 1. The Morgan fingerprint density at radius 3 is 2.35 bits per heavy atom. The van der Waals surface area contributed by atoms with Crippen molar-refractivity contribution in [1.29, 1.82) is 0 Å². The highest BCUT2D eigenvalue weighted by Crippen LogP contribution is 2.25. The van der Waals surface area contributed by atoms with Gasteiger partial charge in [0.25, 0.3) is 5.91 Å². The number of nitrogens with two attached hydrogens (primary N) is 2. The first-order valence-corrected chi connectivity index (χ1v) is 8.97. The fourth-order valence-corrected chi connectivity index (χ4v) is 4.07. The van der Waals surface area contributed by atoms with Crippen molar-refractivity contribution < 1.29 is 13.2 Å². The SMILES string of the molecule is Cl.Cn1cc(S(=O)(=O)NCC2(N)CCCCCC2)cc1C(N)=O. The Kier molecular flexibility index (Phi) is 6.64. The van der Waals surface area contributed by atoms with E-state index in [-0.39, 0.29) is 29.5 Å². The highest BCUT2D eigenvalue weighted by Gasteiger charge is 2.29. The maximum Gasteiger partial charge on any atom is 0.265 e. The van der Waals surface area contributed by atoms with E-state index in [0.29, 0.717) is 0 Å². The van der Waals surface area contributed by atoms with Crippen LogP contribution in [0.25, 0.3) is 0 Å².